The number of nitrogens with zero attached hydrogens (tertiary/aromatic N) is 2. The van der Waals surface area contributed by atoms with Crippen LogP contribution in [0.1, 0.15) is 30.9 Å². The molecule has 1 aliphatic heterocycles. The number of guanidine groups is 1. The Morgan fingerprint density at radius 2 is 1.86 bits per heavy atom. The van der Waals surface area contributed by atoms with Crippen molar-refractivity contribution < 1.29 is 9.47 Å². The number of para-hydroxylation sites is 1. The third-order valence-electron chi connectivity index (χ3n) is 5.11. The third kappa shape index (κ3) is 5.16. The molecule has 0 radical (unpaired) electrons. The van der Waals surface area contributed by atoms with Gasteiger partial charge < -0.3 is 20.5 Å². The number of likely N-dealkylation sites (tertiary alicyclic amines) is 1. The highest BCUT2D eigenvalue weighted by atomic mass is 16.5. The van der Waals surface area contributed by atoms with Crippen molar-refractivity contribution in [3.05, 3.63) is 54.1 Å². The zero-order chi connectivity index (χ0) is 19.8. The average molecular weight is 383 g/mol. The highest BCUT2D eigenvalue weighted by molar-refractivity contribution is 5.92. The minimum absolute atomic E-state index is 0.141. The monoisotopic (exact) mass is 382 g/mol. The highest BCUT2D eigenvalue weighted by Gasteiger charge is 2.24. The molecule has 1 atom stereocenters. The zero-order valence-corrected chi connectivity index (χ0v) is 16.7. The molecule has 2 aromatic rings. The van der Waals surface area contributed by atoms with E-state index in [9.17, 15) is 0 Å². The topological polar surface area (TPSA) is 72.1 Å². The van der Waals surface area contributed by atoms with Gasteiger partial charge >= 0.3 is 0 Å². The van der Waals surface area contributed by atoms with Crippen molar-refractivity contribution in [2.75, 3.05) is 39.2 Å². The van der Waals surface area contributed by atoms with Gasteiger partial charge in [-0.3, -0.25) is 9.89 Å². The minimum atomic E-state index is 0.141. The number of anilines is 1. The Bertz CT molecular complexity index is 788. The second-order valence-corrected chi connectivity index (χ2v) is 6.94. The largest absolute Gasteiger partial charge is 0.497 e. The lowest BCUT2D eigenvalue weighted by atomic mass is 10.0. The first-order valence-electron chi connectivity index (χ1n) is 9.79. The molecule has 1 aliphatic rings. The molecule has 1 unspecified atom stereocenters. The molecule has 6 nitrogen and oxygen atoms in total. The second-order valence-electron chi connectivity index (χ2n) is 6.94. The van der Waals surface area contributed by atoms with Crippen LogP contribution in [-0.4, -0.2) is 44.7 Å². The lowest BCUT2D eigenvalue weighted by Gasteiger charge is -2.34. The molecule has 28 heavy (non-hydrogen) atoms. The Morgan fingerprint density at radius 3 is 2.61 bits per heavy atom. The molecule has 0 aliphatic carbocycles. The maximum absolute atomic E-state index is 6.17. The smallest absolute Gasteiger partial charge is 0.193 e. The number of hydrogen-bond acceptors (Lipinski definition) is 4. The standard InChI is InChI=1S/C22H30N4O2/c1-27-18-10-8-9-17(15-18)25-22(23)24-16-20(26-13-6-3-7-14-26)19-11-4-5-12-21(19)28-2/h4-5,8-12,15,20H,3,6-7,13-14,16H2,1-2H3,(H3,23,24,25). The number of rotatable bonds is 7. The minimum Gasteiger partial charge on any atom is -0.497 e. The van der Waals surface area contributed by atoms with E-state index in [1.165, 1.54) is 19.3 Å². The molecule has 0 bridgehead atoms. The third-order valence-corrected chi connectivity index (χ3v) is 5.11. The molecule has 1 saturated heterocycles. The van der Waals surface area contributed by atoms with Crippen LogP contribution in [0.15, 0.2) is 53.5 Å². The first-order valence-corrected chi connectivity index (χ1v) is 9.79. The van der Waals surface area contributed by atoms with E-state index in [4.69, 9.17) is 15.2 Å². The van der Waals surface area contributed by atoms with Crippen molar-refractivity contribution >= 4 is 11.6 Å². The van der Waals surface area contributed by atoms with Crippen molar-refractivity contribution in [3.8, 4) is 11.5 Å². The van der Waals surface area contributed by atoms with E-state index in [-0.39, 0.29) is 6.04 Å². The quantitative estimate of drug-likeness (QED) is 0.565. The zero-order valence-electron chi connectivity index (χ0n) is 16.7. The van der Waals surface area contributed by atoms with Crippen LogP contribution in [0.2, 0.25) is 0 Å². The SMILES string of the molecule is COc1cccc(NC(N)=NCC(c2ccccc2OC)N2CCCCC2)c1. The van der Waals surface area contributed by atoms with Gasteiger partial charge in [0.1, 0.15) is 11.5 Å². The Labute approximate surface area is 167 Å². The van der Waals surface area contributed by atoms with E-state index < -0.39 is 0 Å². The van der Waals surface area contributed by atoms with Crippen molar-refractivity contribution in [2.45, 2.75) is 25.3 Å². The van der Waals surface area contributed by atoms with E-state index in [0.29, 0.717) is 12.5 Å². The first kappa shape index (κ1) is 20.0. The molecule has 0 aromatic heterocycles. The van der Waals surface area contributed by atoms with Gasteiger partial charge in [-0.2, -0.15) is 0 Å². The van der Waals surface area contributed by atoms with Gasteiger partial charge in [-0.05, 0) is 44.1 Å². The molecule has 3 rings (SSSR count). The number of nitrogens with one attached hydrogen (secondary N) is 1. The molecule has 3 N–H and O–H groups in total. The second kappa shape index (κ2) is 9.99. The van der Waals surface area contributed by atoms with Gasteiger partial charge in [0, 0.05) is 17.3 Å². The van der Waals surface area contributed by atoms with E-state index in [1.807, 2.05) is 36.4 Å². The number of ether oxygens (including phenoxy) is 2. The molecule has 2 aromatic carbocycles. The molecule has 0 saturated carbocycles. The van der Waals surface area contributed by atoms with Crippen molar-refractivity contribution in [3.63, 3.8) is 0 Å². The Morgan fingerprint density at radius 1 is 1.07 bits per heavy atom. The van der Waals surface area contributed by atoms with Gasteiger partial charge in [0.25, 0.3) is 0 Å². The molecule has 1 fully saturated rings. The summed E-state index contributed by atoms with van der Waals surface area (Å²) in [6, 6.07) is 16.0. The number of nitrogens with two attached hydrogens (primary N) is 1. The fourth-order valence-corrected chi connectivity index (χ4v) is 3.66. The van der Waals surface area contributed by atoms with Gasteiger partial charge in [-0.15, -0.1) is 0 Å². The van der Waals surface area contributed by atoms with Gasteiger partial charge in [-0.1, -0.05) is 30.7 Å². The average Bonchev–Trinajstić information content (AvgIpc) is 2.75. The predicted molar refractivity (Wildman–Crippen MR) is 114 cm³/mol. The lowest BCUT2D eigenvalue weighted by Crippen LogP contribution is -2.36. The molecule has 1 heterocycles. The number of hydrogen-bond donors (Lipinski definition) is 2. The molecular formula is C22H30N4O2. The fourth-order valence-electron chi connectivity index (χ4n) is 3.66. The number of aliphatic imine (C=N–C) groups is 1. The van der Waals surface area contributed by atoms with Crippen LogP contribution in [0, 0.1) is 0 Å². The maximum atomic E-state index is 6.17. The first-order chi connectivity index (χ1) is 13.7. The van der Waals surface area contributed by atoms with Crippen LogP contribution in [0.3, 0.4) is 0 Å². The summed E-state index contributed by atoms with van der Waals surface area (Å²) in [7, 11) is 3.36. The Kier molecular flexibility index (Phi) is 7.14. The van der Waals surface area contributed by atoms with Crippen LogP contribution >= 0.6 is 0 Å². The summed E-state index contributed by atoms with van der Waals surface area (Å²) in [6.45, 7) is 2.71. The molecular weight excluding hydrogens is 352 g/mol. The van der Waals surface area contributed by atoms with Crippen molar-refractivity contribution in [1.82, 2.24) is 4.90 Å². The fraction of sp³-hybridized carbons (Fsp3) is 0.409. The van der Waals surface area contributed by atoms with E-state index in [1.54, 1.807) is 14.2 Å². The Hall–Kier alpha value is -2.73. The number of piperidine rings is 1. The number of benzene rings is 2. The van der Waals surface area contributed by atoms with Crippen LogP contribution in [0.25, 0.3) is 0 Å². The van der Waals surface area contributed by atoms with E-state index in [2.05, 4.69) is 27.3 Å². The summed E-state index contributed by atoms with van der Waals surface area (Å²) in [4.78, 5) is 7.14. The van der Waals surface area contributed by atoms with E-state index in [0.717, 1.165) is 35.8 Å². The predicted octanol–water partition coefficient (Wildman–Crippen LogP) is 3.66. The maximum Gasteiger partial charge on any atom is 0.193 e. The summed E-state index contributed by atoms with van der Waals surface area (Å²) in [5.41, 5.74) is 8.18. The summed E-state index contributed by atoms with van der Waals surface area (Å²) in [5, 5.41) is 3.15. The summed E-state index contributed by atoms with van der Waals surface area (Å²) < 4.78 is 10.9. The van der Waals surface area contributed by atoms with Gasteiger partial charge in [0.15, 0.2) is 5.96 Å². The lowest BCUT2D eigenvalue weighted by molar-refractivity contribution is 0.165. The van der Waals surface area contributed by atoms with Crippen LogP contribution in [0.5, 0.6) is 11.5 Å². The molecule has 150 valence electrons. The van der Waals surface area contributed by atoms with Gasteiger partial charge in [-0.25, -0.2) is 0 Å². The molecule has 0 amide bonds. The van der Waals surface area contributed by atoms with Crippen molar-refractivity contribution in [1.29, 1.82) is 0 Å². The number of methoxy groups -OCH3 is 2. The van der Waals surface area contributed by atoms with Crippen molar-refractivity contribution in [2.24, 2.45) is 10.7 Å². The summed E-state index contributed by atoms with van der Waals surface area (Å²) >= 11 is 0. The highest BCUT2D eigenvalue weighted by Crippen LogP contribution is 2.31. The van der Waals surface area contributed by atoms with Crippen LogP contribution < -0.4 is 20.5 Å². The summed E-state index contributed by atoms with van der Waals surface area (Å²) in [6.07, 6.45) is 3.72. The summed E-state index contributed by atoms with van der Waals surface area (Å²) in [5.74, 6) is 2.07. The van der Waals surface area contributed by atoms with Gasteiger partial charge in [0.2, 0.25) is 0 Å². The molecule has 0 spiro atoms. The molecule has 6 heteroatoms. The van der Waals surface area contributed by atoms with Crippen LogP contribution in [-0.2, 0) is 0 Å². The van der Waals surface area contributed by atoms with E-state index >= 15 is 0 Å². The Balaban J connectivity index is 1.77. The van der Waals surface area contributed by atoms with Crippen LogP contribution in [0.4, 0.5) is 5.69 Å². The van der Waals surface area contributed by atoms with Gasteiger partial charge in [0.05, 0.1) is 26.8 Å². The normalized spacial score (nSPS) is 16.4.